The van der Waals surface area contributed by atoms with Crippen molar-refractivity contribution in [2.45, 2.75) is 175 Å². The highest BCUT2D eigenvalue weighted by Gasteiger charge is 2.37. The number of rotatable bonds is 32. The number of halogens is 5. The summed E-state index contributed by atoms with van der Waals surface area (Å²) in [6, 6.07) is 39.2. The summed E-state index contributed by atoms with van der Waals surface area (Å²) < 4.78 is 52.6. The predicted octanol–water partition coefficient (Wildman–Crippen LogP) is 13.2. The lowest BCUT2D eigenvalue weighted by Gasteiger charge is -2.24. The number of aromatic nitrogens is 21. The van der Waals surface area contributed by atoms with Crippen molar-refractivity contribution in [3.8, 4) is 6.01 Å². The Morgan fingerprint density at radius 2 is 0.796 bits per heavy atom. The second kappa shape index (κ2) is 48.2. The number of hydrogen-bond acceptors (Lipinski definition) is 25. The maximum absolute atomic E-state index is 13.1. The molecule has 0 saturated carbocycles. The Bertz CT molecular complexity index is 8320. The molecule has 11 heterocycles. The van der Waals surface area contributed by atoms with Gasteiger partial charge in [-0.3, -0.25) is 83.8 Å². The Morgan fingerprint density at radius 1 is 0.422 bits per heavy atom. The standard InChI is InChI=1S/C22H24BrN5O3S.2C21H25BrN4O4.C19H23BrN4O4.C19H23BrN4O3/c1-6-15-12-31-19(24-15)22(2,3)32-20-25-17-16(18(29)27(5)21(30)26(17)4)28(20)11-13-8-7-9-14(23)10-13;1-6-30-15(27)11-21(2,3)19-23-17-16(18(28)25(5)20(29)24(17)4)26(19)12-13-8-7-9-14(22)10-13;1-6-30-19(28)21(2,3)11-15-23-17-16(18(27)25(5)20(29)24(17)4)26(15)12-13-8-7-9-14(22)10-13;1-4-8-27-9-10-28-18-21-16-15(17(25)23(3)19(26)22(16)2)24(18)12-13-6-5-7-14(20)11-13;1-4-5-9-14(25)16-21-17-15(18(26)23(3)19(27)22(17)2)24(16)11-12-7-6-8-13(20)10-12/h7-10,12H,6,11H2,1-5H3;2*7-10H,6,11-12H2,1-5H3;5-7,11H,4,8-10,12H2,1-3H3;6-8,10,14,25H,4-5,9,11H2,1-3H3. The second-order valence-electron chi connectivity index (χ2n) is 37.1. The molecule has 16 aromatic rings. The van der Waals surface area contributed by atoms with Crippen molar-refractivity contribution in [2.24, 2.45) is 75.9 Å². The molecule has 0 radical (unpaired) electrons. The number of esters is 2. The van der Waals surface area contributed by atoms with Crippen LogP contribution >= 0.6 is 91.4 Å². The van der Waals surface area contributed by atoms with E-state index in [1.807, 2.05) is 167 Å². The molecule has 39 nitrogen and oxygen atoms in total. The molecule has 5 aromatic carbocycles. The first-order valence-electron chi connectivity index (χ1n) is 47.4. The van der Waals surface area contributed by atoms with Gasteiger partial charge in [0.2, 0.25) is 5.89 Å². The number of hydrogen-bond donors (Lipinski definition) is 1. The first-order valence-corrected chi connectivity index (χ1v) is 52.2. The summed E-state index contributed by atoms with van der Waals surface area (Å²) >= 11 is 18.8. The molecule has 0 bridgehead atoms. The predicted molar refractivity (Wildman–Crippen MR) is 582 cm³/mol. The van der Waals surface area contributed by atoms with Crippen LogP contribution in [0.15, 0.2) is 207 Å². The zero-order valence-electron chi connectivity index (χ0n) is 85.8. The van der Waals surface area contributed by atoms with Crippen LogP contribution in [0, 0.1) is 5.41 Å². The molecule has 0 saturated heterocycles. The van der Waals surface area contributed by atoms with Gasteiger partial charge in [-0.25, -0.2) is 48.9 Å². The van der Waals surface area contributed by atoms with E-state index >= 15 is 0 Å². The van der Waals surface area contributed by atoms with E-state index in [-0.39, 0.29) is 43.0 Å². The summed E-state index contributed by atoms with van der Waals surface area (Å²) in [5.74, 6) is 1.40. The monoisotopic (exact) mass is 2350 g/mol. The lowest BCUT2D eigenvalue weighted by Crippen LogP contribution is -2.37. The van der Waals surface area contributed by atoms with Crippen molar-refractivity contribution in [2.75, 3.05) is 33.0 Å². The van der Waals surface area contributed by atoms with Crippen LogP contribution in [-0.4, -0.2) is 148 Å². The van der Waals surface area contributed by atoms with E-state index in [4.69, 9.17) is 28.3 Å². The summed E-state index contributed by atoms with van der Waals surface area (Å²) in [5.41, 5.74) is 3.17. The Balaban J connectivity index is 0.000000163. The summed E-state index contributed by atoms with van der Waals surface area (Å²) in [5, 5.41) is 11.3. The molecule has 0 amide bonds. The van der Waals surface area contributed by atoms with Gasteiger partial charge in [-0.2, -0.15) is 4.98 Å². The van der Waals surface area contributed by atoms with Crippen molar-refractivity contribution in [1.29, 1.82) is 0 Å². The van der Waals surface area contributed by atoms with Crippen LogP contribution in [0.25, 0.3) is 55.8 Å². The normalized spacial score (nSPS) is 11.9. The number of unbranched alkanes of at least 4 members (excludes halogenated alkanes) is 1. The Kier molecular flexibility index (Phi) is 37.1. The van der Waals surface area contributed by atoms with E-state index in [2.05, 4.69) is 111 Å². The average molecular weight is 2360 g/mol. The third-order valence-electron chi connectivity index (χ3n) is 24.6. The SMILES string of the molecule is CCCCC(O)c1nc2c(c(=O)n(C)c(=O)n2C)n1Cc1cccc(Br)c1.CCCOCCOc1nc2c(c(=O)n(C)c(=O)n2C)n1Cc1cccc(Br)c1.CCOC(=O)C(C)(C)Cc1nc2c(c(=O)n(C)c(=O)n2C)n1Cc1cccc(Br)c1.CCOC(=O)CC(C)(C)c1nc2c(c(=O)n(C)c(=O)n2C)n1Cc1cccc(Br)c1.CCc1coc(C(C)(C)Sc2nc3c(c(=O)n(C)c(=O)n3C)n2Cc2cccc(Br)c2)n1. The minimum atomic E-state index is -0.851. The van der Waals surface area contributed by atoms with Crippen LogP contribution in [0.1, 0.15) is 171 Å². The minimum Gasteiger partial charge on any atom is -0.466 e. The molecule has 1 unspecified atom stereocenters. The number of aliphatic hydroxyl groups excluding tert-OH is 1. The second-order valence-corrected chi connectivity index (χ2v) is 43.2. The molecule has 0 aliphatic rings. The van der Waals surface area contributed by atoms with E-state index in [1.165, 1.54) is 69.8 Å². The smallest absolute Gasteiger partial charge is 0.332 e. The number of aliphatic hydroxyl groups is 1. The number of nitrogens with zero attached hydrogens (tertiary/aromatic N) is 21. The fourth-order valence-corrected chi connectivity index (χ4v) is 19.9. The van der Waals surface area contributed by atoms with Crippen LogP contribution in [0.2, 0.25) is 0 Å². The van der Waals surface area contributed by atoms with Crippen LogP contribution in [0.5, 0.6) is 6.01 Å². The summed E-state index contributed by atoms with van der Waals surface area (Å²) in [6.45, 7) is 24.8. The zero-order chi connectivity index (χ0) is 108. The van der Waals surface area contributed by atoms with Gasteiger partial charge in [0, 0.05) is 131 Å². The van der Waals surface area contributed by atoms with Gasteiger partial charge < -0.3 is 46.7 Å². The molecule has 147 heavy (non-hydrogen) atoms. The van der Waals surface area contributed by atoms with Crippen molar-refractivity contribution < 1.29 is 38.1 Å². The molecule has 0 spiro atoms. The third-order valence-corrected chi connectivity index (χ3v) is 28.2. The molecule has 45 heteroatoms. The first kappa shape index (κ1) is 113. The summed E-state index contributed by atoms with van der Waals surface area (Å²) in [4.78, 5) is 179. The van der Waals surface area contributed by atoms with Gasteiger partial charge >= 0.3 is 40.4 Å². The van der Waals surface area contributed by atoms with E-state index in [0.29, 0.717) is 150 Å². The quantitative estimate of drug-likeness (QED) is 0.0232. The molecular weight excluding hydrogens is 2240 g/mol. The number of thioether (sulfide) groups is 1. The highest BCUT2D eigenvalue weighted by Crippen LogP contribution is 2.42. The number of imidazole rings is 5. The summed E-state index contributed by atoms with van der Waals surface area (Å²) in [6.07, 6.45) is 5.27. The highest BCUT2D eigenvalue weighted by molar-refractivity contribution is 9.11. The topological polar surface area (TPSA) is 426 Å². The first-order chi connectivity index (χ1) is 69.5. The van der Waals surface area contributed by atoms with Crippen molar-refractivity contribution in [1.82, 2.24) is 98.4 Å². The van der Waals surface area contributed by atoms with Gasteiger partial charge in [0.15, 0.2) is 61.0 Å². The van der Waals surface area contributed by atoms with Gasteiger partial charge in [0.1, 0.15) is 36.4 Å². The van der Waals surface area contributed by atoms with E-state index in [1.54, 1.807) is 87.5 Å². The van der Waals surface area contributed by atoms with Crippen molar-refractivity contribution in [3.05, 3.63) is 311 Å². The molecule has 782 valence electrons. The van der Waals surface area contributed by atoms with E-state index in [9.17, 15) is 62.6 Å². The number of carbonyl (C=O) groups is 2. The van der Waals surface area contributed by atoms with Crippen LogP contribution < -0.4 is 61.0 Å². The van der Waals surface area contributed by atoms with E-state index < -0.39 is 72.4 Å². The minimum absolute atomic E-state index is 0.0942. The maximum Gasteiger partial charge on any atom is 0.332 e. The molecule has 1 N–H and O–H groups in total. The Labute approximate surface area is 890 Å². The lowest BCUT2D eigenvalue weighted by atomic mass is 9.88. The van der Waals surface area contributed by atoms with Crippen LogP contribution in [-0.2, 0) is 150 Å². The third kappa shape index (κ3) is 25.2. The lowest BCUT2D eigenvalue weighted by molar-refractivity contribution is -0.153. The number of oxazole rings is 1. The Morgan fingerprint density at radius 3 is 1.21 bits per heavy atom. The number of carbonyl (C=O) groups excluding carboxylic acids is 2. The average Bonchev–Trinajstić information content (AvgIpc) is 1.58. The number of aryl methyl sites for hydroxylation is 6. The number of benzene rings is 5. The van der Waals surface area contributed by atoms with Crippen LogP contribution in [0.4, 0.5) is 0 Å². The molecular formula is C102H120Br5N21O18S. The summed E-state index contributed by atoms with van der Waals surface area (Å²) in [7, 11) is 15.3. The molecule has 1 atom stereocenters. The zero-order valence-corrected chi connectivity index (χ0v) is 94.5. The fraction of sp³-hybridized carbons (Fsp3) is 0.412. The fourth-order valence-electron chi connectivity index (χ4n) is 16.6. The maximum atomic E-state index is 13.1. The molecule has 0 aliphatic carbocycles. The Hall–Kier alpha value is -12.5. The molecule has 0 fully saturated rings. The number of ether oxygens (including phenoxy) is 4. The van der Waals surface area contributed by atoms with Gasteiger partial charge in [-0.15, -0.1) is 0 Å². The van der Waals surface area contributed by atoms with Crippen molar-refractivity contribution >= 4 is 159 Å². The van der Waals surface area contributed by atoms with Crippen LogP contribution in [0.3, 0.4) is 0 Å². The van der Waals surface area contributed by atoms with Gasteiger partial charge in [-0.05, 0) is 149 Å². The van der Waals surface area contributed by atoms with Gasteiger partial charge in [0.05, 0.1) is 55.2 Å². The largest absolute Gasteiger partial charge is 0.466 e. The van der Waals surface area contributed by atoms with Gasteiger partial charge in [0.25, 0.3) is 33.8 Å². The molecule has 16 rings (SSSR count). The molecule has 0 aliphatic heterocycles. The molecule has 11 aromatic heterocycles. The highest BCUT2D eigenvalue weighted by atomic mass is 79.9. The van der Waals surface area contributed by atoms with Gasteiger partial charge in [-0.1, -0.05) is 200 Å². The van der Waals surface area contributed by atoms with E-state index in [0.717, 1.165) is 104 Å². The van der Waals surface area contributed by atoms with Crippen molar-refractivity contribution in [3.63, 3.8) is 0 Å². The number of fused-ring (bicyclic) bond motifs is 5.